The maximum atomic E-state index is 4.05. The molecule has 0 saturated carbocycles. The van der Waals surface area contributed by atoms with E-state index in [-0.39, 0.29) is 5.54 Å². The van der Waals surface area contributed by atoms with Gasteiger partial charge in [0.2, 0.25) is 0 Å². The minimum absolute atomic E-state index is 0.226. The molecule has 1 aromatic rings. The normalized spacial score (nSPS) is 23.5. The fourth-order valence-corrected chi connectivity index (χ4v) is 3.23. The molecule has 0 unspecified atom stereocenters. The van der Waals surface area contributed by atoms with Crippen molar-refractivity contribution < 1.29 is 0 Å². The maximum absolute atomic E-state index is 4.05. The number of fused-ring (bicyclic) bond motifs is 1. The van der Waals surface area contributed by atoms with Gasteiger partial charge < -0.3 is 0 Å². The monoisotopic (exact) mass is 218 g/mol. The summed E-state index contributed by atoms with van der Waals surface area (Å²) in [5.74, 6) is 6.80. The lowest BCUT2D eigenvalue weighted by molar-refractivity contribution is 0.261. The summed E-state index contributed by atoms with van der Waals surface area (Å²) in [7, 11) is 0. The van der Waals surface area contributed by atoms with Gasteiger partial charge in [-0.2, -0.15) is 0 Å². The first-order valence-corrected chi connectivity index (χ1v) is 6.44. The van der Waals surface area contributed by atoms with Crippen LogP contribution in [0.4, 0.5) is 0 Å². The Bertz CT molecular complexity index is 389. The lowest BCUT2D eigenvalue weighted by Crippen LogP contribution is -2.36. The van der Waals surface area contributed by atoms with Gasteiger partial charge in [0.15, 0.2) is 0 Å². The number of rotatable bonds is 0. The second-order valence-corrected chi connectivity index (χ2v) is 5.23. The molecular formula is C12H14N2S. The van der Waals surface area contributed by atoms with Gasteiger partial charge in [-0.25, -0.2) is 0 Å². The topological polar surface area (TPSA) is 16.1 Å². The van der Waals surface area contributed by atoms with E-state index in [0.29, 0.717) is 0 Å². The summed E-state index contributed by atoms with van der Waals surface area (Å²) in [4.78, 5) is 7.72. The van der Waals surface area contributed by atoms with Crippen LogP contribution in [0.3, 0.4) is 0 Å². The molecule has 15 heavy (non-hydrogen) atoms. The zero-order valence-corrected chi connectivity index (χ0v) is 9.52. The van der Waals surface area contributed by atoms with Gasteiger partial charge in [0.25, 0.3) is 0 Å². The Hall–Kier alpha value is -0.850. The number of thiazole rings is 1. The molecule has 1 aromatic heterocycles. The summed E-state index contributed by atoms with van der Waals surface area (Å²) in [6.45, 7) is 2.49. The Kier molecular flexibility index (Phi) is 2.27. The van der Waals surface area contributed by atoms with Crippen LogP contribution in [-0.4, -0.2) is 28.5 Å². The molecule has 78 valence electrons. The first kappa shape index (κ1) is 9.38. The van der Waals surface area contributed by atoms with E-state index in [4.69, 9.17) is 0 Å². The molecule has 0 atom stereocenters. The van der Waals surface area contributed by atoms with E-state index in [0.717, 1.165) is 4.88 Å². The molecular weight excluding hydrogens is 204 g/mol. The minimum Gasteiger partial charge on any atom is -0.287 e. The van der Waals surface area contributed by atoms with Gasteiger partial charge in [0.1, 0.15) is 0 Å². The predicted octanol–water partition coefficient (Wildman–Crippen LogP) is 2.12. The Morgan fingerprint density at radius 3 is 2.80 bits per heavy atom. The van der Waals surface area contributed by atoms with Gasteiger partial charge in [-0.3, -0.25) is 9.88 Å². The van der Waals surface area contributed by atoms with Crippen molar-refractivity contribution in [2.24, 2.45) is 0 Å². The average molecular weight is 218 g/mol. The molecule has 2 aliphatic heterocycles. The van der Waals surface area contributed by atoms with E-state index < -0.39 is 0 Å². The Labute approximate surface area is 94.3 Å². The molecule has 0 bridgehead atoms. The summed E-state index contributed by atoms with van der Waals surface area (Å²) in [5, 5.41) is 0. The molecule has 3 rings (SSSR count). The maximum Gasteiger partial charge on any atom is 0.0967 e. The molecule has 2 nitrogen and oxygen atoms in total. The molecule has 0 radical (unpaired) electrons. The van der Waals surface area contributed by atoms with Crippen LogP contribution < -0.4 is 0 Å². The average Bonchev–Trinajstić information content (AvgIpc) is 2.91. The van der Waals surface area contributed by atoms with Crippen LogP contribution in [0.5, 0.6) is 0 Å². The van der Waals surface area contributed by atoms with Crippen LogP contribution >= 0.6 is 11.3 Å². The number of nitrogens with zero attached hydrogens (tertiary/aromatic N) is 2. The van der Waals surface area contributed by atoms with Gasteiger partial charge in [0.05, 0.1) is 22.1 Å². The highest BCUT2D eigenvalue weighted by Crippen LogP contribution is 2.38. The van der Waals surface area contributed by atoms with Crippen molar-refractivity contribution in [1.82, 2.24) is 9.88 Å². The predicted molar refractivity (Wildman–Crippen MR) is 61.8 cm³/mol. The first-order valence-electron chi connectivity index (χ1n) is 5.56. The highest BCUT2D eigenvalue weighted by atomic mass is 32.1. The second kappa shape index (κ2) is 3.62. The highest BCUT2D eigenvalue weighted by Gasteiger charge is 2.42. The molecule has 0 aromatic carbocycles. The van der Waals surface area contributed by atoms with Gasteiger partial charge >= 0.3 is 0 Å². The summed E-state index contributed by atoms with van der Waals surface area (Å²) in [6, 6.07) is 0. The molecule has 2 saturated heterocycles. The molecule has 0 amide bonds. The Morgan fingerprint density at radius 2 is 2.13 bits per heavy atom. The van der Waals surface area contributed by atoms with E-state index in [9.17, 15) is 0 Å². The minimum atomic E-state index is 0.226. The van der Waals surface area contributed by atoms with Crippen molar-refractivity contribution in [2.75, 3.05) is 13.1 Å². The van der Waals surface area contributed by atoms with Crippen LogP contribution in [0.15, 0.2) is 11.7 Å². The quantitative estimate of drug-likeness (QED) is 0.620. The van der Waals surface area contributed by atoms with Crippen molar-refractivity contribution in [3.63, 3.8) is 0 Å². The number of hydrogen-bond donors (Lipinski definition) is 0. The van der Waals surface area contributed by atoms with E-state index in [1.54, 1.807) is 11.3 Å². The fraction of sp³-hybridized carbons (Fsp3) is 0.583. The number of hydrogen-bond acceptors (Lipinski definition) is 3. The van der Waals surface area contributed by atoms with Crippen molar-refractivity contribution in [3.05, 3.63) is 16.6 Å². The summed E-state index contributed by atoms with van der Waals surface area (Å²) < 4.78 is 0. The smallest absolute Gasteiger partial charge is 0.0967 e. The zero-order valence-electron chi connectivity index (χ0n) is 8.70. The van der Waals surface area contributed by atoms with E-state index in [2.05, 4.69) is 21.7 Å². The molecule has 3 heterocycles. The lowest BCUT2D eigenvalue weighted by Gasteiger charge is -2.25. The van der Waals surface area contributed by atoms with Crippen LogP contribution in [-0.2, 0) is 0 Å². The van der Waals surface area contributed by atoms with Gasteiger partial charge in [-0.05, 0) is 38.8 Å². The Morgan fingerprint density at radius 1 is 1.33 bits per heavy atom. The van der Waals surface area contributed by atoms with Crippen LogP contribution in [0.1, 0.15) is 30.6 Å². The zero-order chi connectivity index (χ0) is 10.1. The largest absolute Gasteiger partial charge is 0.287 e. The van der Waals surface area contributed by atoms with Crippen molar-refractivity contribution in [3.8, 4) is 11.8 Å². The van der Waals surface area contributed by atoms with Gasteiger partial charge in [-0.15, -0.1) is 11.3 Å². The third-order valence-corrected chi connectivity index (χ3v) is 4.18. The third kappa shape index (κ3) is 1.58. The first-order chi connectivity index (χ1) is 7.39. The highest BCUT2D eigenvalue weighted by molar-refractivity contribution is 7.10. The van der Waals surface area contributed by atoms with E-state index in [1.165, 1.54) is 38.8 Å². The SMILES string of the molecule is C(#CC12CCCN1CCC2)c1cncs1. The number of aromatic nitrogens is 1. The molecule has 3 heteroatoms. The van der Waals surface area contributed by atoms with Crippen LogP contribution in [0.2, 0.25) is 0 Å². The summed E-state index contributed by atoms with van der Waals surface area (Å²) >= 11 is 1.63. The van der Waals surface area contributed by atoms with Crippen LogP contribution in [0, 0.1) is 11.8 Å². The molecule has 0 aliphatic carbocycles. The molecule has 0 N–H and O–H groups in total. The lowest BCUT2D eigenvalue weighted by atomic mass is 9.95. The fourth-order valence-electron chi connectivity index (χ4n) is 2.77. The molecule has 2 aliphatic rings. The van der Waals surface area contributed by atoms with Crippen molar-refractivity contribution in [1.29, 1.82) is 0 Å². The van der Waals surface area contributed by atoms with Gasteiger partial charge in [-0.1, -0.05) is 11.8 Å². The Balaban J connectivity index is 1.87. The van der Waals surface area contributed by atoms with E-state index in [1.807, 2.05) is 11.7 Å². The third-order valence-electron chi connectivity index (χ3n) is 3.49. The summed E-state index contributed by atoms with van der Waals surface area (Å²) in [5.41, 5.74) is 2.08. The standard InChI is InChI=1S/C12H14N2S/c1-4-12(5-2-8-14(12)7-1)6-3-11-9-13-10-15-11/h9-10H,1-2,4-5,7-8H2. The van der Waals surface area contributed by atoms with E-state index >= 15 is 0 Å². The van der Waals surface area contributed by atoms with Crippen LogP contribution in [0.25, 0.3) is 0 Å². The van der Waals surface area contributed by atoms with Gasteiger partial charge in [0, 0.05) is 0 Å². The second-order valence-electron chi connectivity index (χ2n) is 4.34. The molecule has 2 fully saturated rings. The summed E-state index contributed by atoms with van der Waals surface area (Å²) in [6.07, 6.45) is 7.02. The van der Waals surface area contributed by atoms with Crippen molar-refractivity contribution >= 4 is 11.3 Å². The molecule has 0 spiro atoms. The van der Waals surface area contributed by atoms with Crippen molar-refractivity contribution in [2.45, 2.75) is 31.2 Å².